The molecule has 0 saturated carbocycles. The summed E-state index contributed by atoms with van der Waals surface area (Å²) in [6, 6.07) is 5.76. The summed E-state index contributed by atoms with van der Waals surface area (Å²) < 4.78 is 0. The molecule has 0 radical (unpaired) electrons. The summed E-state index contributed by atoms with van der Waals surface area (Å²) in [6.07, 6.45) is 2.51. The van der Waals surface area contributed by atoms with E-state index >= 15 is 0 Å². The molecule has 5 heteroatoms. The number of rotatable bonds is 4. The smallest absolute Gasteiger partial charge is 0.270 e. The van der Waals surface area contributed by atoms with E-state index in [-0.39, 0.29) is 5.91 Å². The fraction of sp³-hybridized carbons (Fsp3) is 0.250. The van der Waals surface area contributed by atoms with Crippen LogP contribution in [0.3, 0.4) is 0 Å². The van der Waals surface area contributed by atoms with Gasteiger partial charge in [0.2, 0.25) is 0 Å². The number of aromatic nitrogens is 1. The van der Waals surface area contributed by atoms with Gasteiger partial charge in [0, 0.05) is 30.4 Å². The summed E-state index contributed by atoms with van der Waals surface area (Å²) in [5.74, 6) is -0.0294. The maximum atomic E-state index is 12.0. The van der Waals surface area contributed by atoms with Crippen molar-refractivity contribution >= 4 is 22.9 Å². The summed E-state index contributed by atoms with van der Waals surface area (Å²) in [5.41, 5.74) is 6.69. The topological polar surface area (TPSA) is 62.1 Å². The zero-order chi connectivity index (χ0) is 12.3. The maximum absolute atomic E-state index is 12.0. The average molecular weight is 249 g/mol. The third-order valence-electron chi connectivity index (χ3n) is 2.56. The second-order valence-electron chi connectivity index (χ2n) is 3.90. The predicted octanol–water partition coefficient (Wildman–Crippen LogP) is 1.97. The highest BCUT2D eigenvalue weighted by molar-refractivity contribution is 7.09. The summed E-state index contributed by atoms with van der Waals surface area (Å²) in [7, 11) is 1.80. The lowest BCUT2D eigenvalue weighted by molar-refractivity contribution is 0.0792. The Balaban J connectivity index is 1.91. The number of nitrogens with zero attached hydrogens (tertiary/aromatic N) is 1. The van der Waals surface area contributed by atoms with E-state index in [0.29, 0.717) is 17.9 Å². The Labute approximate surface area is 104 Å². The molecular weight excluding hydrogens is 234 g/mol. The molecule has 0 aromatic carbocycles. The number of H-pyrrole nitrogens is 1. The van der Waals surface area contributed by atoms with Crippen molar-refractivity contribution < 1.29 is 4.79 Å². The van der Waals surface area contributed by atoms with Crippen LogP contribution in [0.15, 0.2) is 29.8 Å². The Bertz CT molecular complexity index is 490. The van der Waals surface area contributed by atoms with E-state index in [1.54, 1.807) is 35.5 Å². The van der Waals surface area contributed by atoms with E-state index in [1.807, 2.05) is 11.4 Å². The van der Waals surface area contributed by atoms with Crippen LogP contribution in [-0.2, 0) is 6.42 Å². The van der Waals surface area contributed by atoms with Gasteiger partial charge in [0.25, 0.3) is 5.91 Å². The molecule has 0 unspecified atom stereocenters. The summed E-state index contributed by atoms with van der Waals surface area (Å²) in [5, 5.41) is 2.04. The van der Waals surface area contributed by atoms with Gasteiger partial charge in [-0.25, -0.2) is 0 Å². The summed E-state index contributed by atoms with van der Waals surface area (Å²) in [4.78, 5) is 17.8. The van der Waals surface area contributed by atoms with Gasteiger partial charge in [0.05, 0.1) is 0 Å². The summed E-state index contributed by atoms with van der Waals surface area (Å²) in [6.45, 7) is 0.707. The molecule has 2 aromatic heterocycles. The van der Waals surface area contributed by atoms with E-state index in [1.165, 1.54) is 4.88 Å². The molecule has 0 aliphatic rings. The number of hydrogen-bond acceptors (Lipinski definition) is 3. The SMILES string of the molecule is CN(CCc1cccs1)C(=O)c1cc(N)c[nH]1. The minimum absolute atomic E-state index is 0.0294. The van der Waals surface area contributed by atoms with E-state index in [9.17, 15) is 4.79 Å². The van der Waals surface area contributed by atoms with E-state index in [4.69, 9.17) is 5.73 Å². The number of hydrogen-bond donors (Lipinski definition) is 2. The van der Waals surface area contributed by atoms with Gasteiger partial charge >= 0.3 is 0 Å². The molecule has 17 heavy (non-hydrogen) atoms. The lowest BCUT2D eigenvalue weighted by Gasteiger charge is -2.15. The minimum Gasteiger partial charge on any atom is -0.397 e. The number of carbonyl (C=O) groups is 1. The van der Waals surface area contributed by atoms with Gasteiger partial charge in [-0.15, -0.1) is 11.3 Å². The van der Waals surface area contributed by atoms with Gasteiger partial charge in [-0.05, 0) is 23.9 Å². The molecule has 0 aliphatic carbocycles. The molecule has 2 rings (SSSR count). The van der Waals surface area contributed by atoms with Crippen molar-refractivity contribution in [1.29, 1.82) is 0 Å². The minimum atomic E-state index is -0.0294. The molecule has 90 valence electrons. The van der Waals surface area contributed by atoms with Gasteiger partial charge in [-0.1, -0.05) is 6.07 Å². The van der Waals surface area contributed by atoms with Crippen molar-refractivity contribution in [1.82, 2.24) is 9.88 Å². The number of nitrogens with two attached hydrogens (primary N) is 1. The average Bonchev–Trinajstić information content (AvgIpc) is 2.95. The standard InChI is InChI=1S/C12H15N3OS/c1-15(5-4-10-3-2-6-17-10)12(16)11-7-9(13)8-14-11/h2-3,6-8,14H,4-5,13H2,1H3. The van der Waals surface area contributed by atoms with Crippen LogP contribution in [-0.4, -0.2) is 29.4 Å². The first-order valence-electron chi connectivity index (χ1n) is 5.38. The first-order valence-corrected chi connectivity index (χ1v) is 6.26. The van der Waals surface area contributed by atoms with Gasteiger partial charge in [0.1, 0.15) is 5.69 Å². The third kappa shape index (κ3) is 2.88. The van der Waals surface area contributed by atoms with Gasteiger partial charge in [0.15, 0.2) is 0 Å². The highest BCUT2D eigenvalue weighted by Crippen LogP contribution is 2.11. The Morgan fingerprint density at radius 2 is 2.41 bits per heavy atom. The molecule has 0 bridgehead atoms. The molecule has 0 fully saturated rings. The molecule has 0 spiro atoms. The number of amides is 1. The molecule has 2 heterocycles. The van der Waals surface area contributed by atoms with E-state index < -0.39 is 0 Å². The van der Waals surface area contributed by atoms with Crippen LogP contribution in [0.5, 0.6) is 0 Å². The molecular formula is C12H15N3OS. The first kappa shape index (κ1) is 11.7. The lowest BCUT2D eigenvalue weighted by atomic mass is 10.3. The van der Waals surface area contributed by atoms with Crippen molar-refractivity contribution in [3.05, 3.63) is 40.3 Å². The number of nitrogens with one attached hydrogen (secondary N) is 1. The van der Waals surface area contributed by atoms with Crippen LogP contribution in [0.25, 0.3) is 0 Å². The number of nitrogen functional groups attached to an aromatic ring is 1. The largest absolute Gasteiger partial charge is 0.397 e. The van der Waals surface area contributed by atoms with E-state index in [2.05, 4.69) is 11.1 Å². The Hall–Kier alpha value is -1.75. The molecule has 2 aromatic rings. The van der Waals surface area contributed by atoms with Crippen LogP contribution in [0.4, 0.5) is 5.69 Å². The van der Waals surface area contributed by atoms with Crippen LogP contribution in [0.1, 0.15) is 15.4 Å². The second-order valence-corrected chi connectivity index (χ2v) is 4.94. The second kappa shape index (κ2) is 5.05. The van der Waals surface area contributed by atoms with Gasteiger partial charge in [-0.3, -0.25) is 4.79 Å². The molecule has 0 aliphatic heterocycles. The quantitative estimate of drug-likeness (QED) is 0.870. The number of anilines is 1. The number of carbonyl (C=O) groups excluding carboxylic acids is 1. The van der Waals surface area contributed by atoms with Crippen LogP contribution in [0.2, 0.25) is 0 Å². The monoisotopic (exact) mass is 249 g/mol. The Kier molecular flexibility index (Phi) is 3.49. The maximum Gasteiger partial charge on any atom is 0.270 e. The fourth-order valence-electron chi connectivity index (χ4n) is 1.57. The van der Waals surface area contributed by atoms with E-state index in [0.717, 1.165) is 6.42 Å². The van der Waals surface area contributed by atoms with Crippen molar-refractivity contribution in [2.75, 3.05) is 19.3 Å². The highest BCUT2D eigenvalue weighted by Gasteiger charge is 2.13. The van der Waals surface area contributed by atoms with Crippen molar-refractivity contribution in [3.63, 3.8) is 0 Å². The number of likely N-dealkylation sites (N-methyl/N-ethyl adjacent to an activating group) is 1. The molecule has 4 nitrogen and oxygen atoms in total. The van der Waals surface area contributed by atoms with Crippen LogP contribution in [0, 0.1) is 0 Å². The fourth-order valence-corrected chi connectivity index (χ4v) is 2.27. The molecule has 0 atom stereocenters. The van der Waals surface area contributed by atoms with Crippen molar-refractivity contribution in [3.8, 4) is 0 Å². The summed E-state index contributed by atoms with van der Waals surface area (Å²) >= 11 is 1.71. The Morgan fingerprint density at radius 1 is 1.59 bits per heavy atom. The van der Waals surface area contributed by atoms with Gasteiger partial charge in [-0.2, -0.15) is 0 Å². The Morgan fingerprint density at radius 3 is 3.00 bits per heavy atom. The highest BCUT2D eigenvalue weighted by atomic mass is 32.1. The number of thiophene rings is 1. The normalized spacial score (nSPS) is 10.4. The third-order valence-corrected chi connectivity index (χ3v) is 3.49. The molecule has 1 amide bonds. The molecule has 0 saturated heterocycles. The van der Waals surface area contributed by atoms with Crippen LogP contribution < -0.4 is 5.73 Å². The zero-order valence-corrected chi connectivity index (χ0v) is 10.5. The molecule has 3 N–H and O–H groups in total. The number of aromatic amines is 1. The van der Waals surface area contributed by atoms with Crippen molar-refractivity contribution in [2.45, 2.75) is 6.42 Å². The van der Waals surface area contributed by atoms with Gasteiger partial charge < -0.3 is 15.6 Å². The lowest BCUT2D eigenvalue weighted by Crippen LogP contribution is -2.28. The predicted molar refractivity (Wildman–Crippen MR) is 70.2 cm³/mol. The van der Waals surface area contributed by atoms with Crippen molar-refractivity contribution in [2.24, 2.45) is 0 Å². The van der Waals surface area contributed by atoms with Crippen LogP contribution >= 0.6 is 11.3 Å². The zero-order valence-electron chi connectivity index (χ0n) is 9.64. The first-order chi connectivity index (χ1) is 8.16.